The minimum atomic E-state index is 0. The van der Waals surface area contributed by atoms with Gasteiger partial charge in [-0.05, 0) is 26.7 Å². The number of halogens is 1. The zero-order valence-corrected chi connectivity index (χ0v) is 18.4. The van der Waals surface area contributed by atoms with Crippen LogP contribution in [0.4, 0.5) is 0 Å². The maximum atomic E-state index is 5.92. The smallest absolute Gasteiger partial charge is 0.193 e. The van der Waals surface area contributed by atoms with Gasteiger partial charge in [0.25, 0.3) is 0 Å². The topological polar surface area (TPSA) is 59.0 Å². The fourth-order valence-corrected chi connectivity index (χ4v) is 4.35. The van der Waals surface area contributed by atoms with Gasteiger partial charge >= 0.3 is 0 Å². The molecule has 2 unspecified atom stereocenters. The van der Waals surface area contributed by atoms with E-state index in [2.05, 4.69) is 34.0 Å². The standard InChI is InChI=1S/C17H28N4O2S.HI/c1-12-16(24-13(2)20-12)6-7-19-17(18-3)21-8-10-23-15(11-21)14-5-4-9-22-14;/h14-15H,4-11H2,1-3H3,(H,18,19);1H. The SMILES string of the molecule is CN=C(NCCc1sc(C)nc1C)N1CCOC(C2CCCO2)C1.I. The van der Waals surface area contributed by atoms with Gasteiger partial charge in [0, 0.05) is 44.6 Å². The third-order valence-electron chi connectivity index (χ3n) is 4.62. The van der Waals surface area contributed by atoms with Gasteiger partial charge in [-0.3, -0.25) is 4.99 Å². The molecule has 6 nitrogen and oxygen atoms in total. The number of ether oxygens (including phenoxy) is 2. The summed E-state index contributed by atoms with van der Waals surface area (Å²) in [6, 6.07) is 0. The first-order chi connectivity index (χ1) is 11.7. The average molecular weight is 480 g/mol. The van der Waals surface area contributed by atoms with Crippen LogP contribution in [0.15, 0.2) is 4.99 Å². The molecule has 8 heteroatoms. The number of aryl methyl sites for hydroxylation is 2. The lowest BCUT2D eigenvalue weighted by Gasteiger charge is -2.37. The Morgan fingerprint density at radius 3 is 2.76 bits per heavy atom. The maximum Gasteiger partial charge on any atom is 0.193 e. The summed E-state index contributed by atoms with van der Waals surface area (Å²) < 4.78 is 11.7. The summed E-state index contributed by atoms with van der Waals surface area (Å²) in [7, 11) is 1.85. The van der Waals surface area contributed by atoms with Crippen LogP contribution in [0.5, 0.6) is 0 Å². The van der Waals surface area contributed by atoms with Crippen LogP contribution < -0.4 is 5.32 Å². The van der Waals surface area contributed by atoms with E-state index in [0.717, 1.165) is 68.8 Å². The van der Waals surface area contributed by atoms with Crippen molar-refractivity contribution < 1.29 is 9.47 Å². The van der Waals surface area contributed by atoms with Crippen molar-refractivity contribution in [3.63, 3.8) is 0 Å². The third kappa shape index (κ3) is 5.51. The van der Waals surface area contributed by atoms with Gasteiger partial charge in [0.05, 0.1) is 23.4 Å². The summed E-state index contributed by atoms with van der Waals surface area (Å²) in [5.41, 5.74) is 1.15. The zero-order chi connectivity index (χ0) is 16.9. The minimum Gasteiger partial charge on any atom is -0.375 e. The van der Waals surface area contributed by atoms with Crippen LogP contribution in [0.25, 0.3) is 0 Å². The highest BCUT2D eigenvalue weighted by atomic mass is 127. The number of hydrogen-bond acceptors (Lipinski definition) is 5. The fraction of sp³-hybridized carbons (Fsp3) is 0.765. The quantitative estimate of drug-likeness (QED) is 0.408. The summed E-state index contributed by atoms with van der Waals surface area (Å²) in [5, 5.41) is 4.63. The zero-order valence-electron chi connectivity index (χ0n) is 15.3. The molecule has 2 aliphatic heterocycles. The molecule has 0 aromatic carbocycles. The monoisotopic (exact) mass is 480 g/mol. The van der Waals surface area contributed by atoms with Crippen molar-refractivity contribution in [3.8, 4) is 0 Å². The molecular formula is C17H29IN4O2S. The van der Waals surface area contributed by atoms with E-state index in [9.17, 15) is 0 Å². The van der Waals surface area contributed by atoms with Crippen LogP contribution in [0.3, 0.4) is 0 Å². The number of nitrogens with zero attached hydrogens (tertiary/aromatic N) is 3. The summed E-state index contributed by atoms with van der Waals surface area (Å²) in [6.07, 6.45) is 3.63. The van der Waals surface area contributed by atoms with Gasteiger partial charge in [-0.1, -0.05) is 0 Å². The Bertz CT molecular complexity index is 575. The van der Waals surface area contributed by atoms with Crippen LogP contribution in [-0.2, 0) is 15.9 Å². The lowest BCUT2D eigenvalue weighted by atomic mass is 10.1. The number of hydrogen-bond donors (Lipinski definition) is 1. The molecule has 0 aliphatic carbocycles. The van der Waals surface area contributed by atoms with Gasteiger partial charge in [-0.25, -0.2) is 4.98 Å². The van der Waals surface area contributed by atoms with E-state index in [1.165, 1.54) is 4.88 Å². The van der Waals surface area contributed by atoms with Crippen LogP contribution >= 0.6 is 35.3 Å². The molecule has 0 radical (unpaired) electrons. The molecule has 1 aromatic rings. The molecule has 1 N–H and O–H groups in total. The van der Waals surface area contributed by atoms with E-state index in [-0.39, 0.29) is 36.2 Å². The maximum absolute atomic E-state index is 5.92. The number of morpholine rings is 1. The highest BCUT2D eigenvalue weighted by molar-refractivity contribution is 14.0. The molecule has 2 atom stereocenters. The van der Waals surface area contributed by atoms with E-state index in [4.69, 9.17) is 9.47 Å². The minimum absolute atomic E-state index is 0. The van der Waals surface area contributed by atoms with Crippen molar-refractivity contribution in [2.75, 3.05) is 39.9 Å². The van der Waals surface area contributed by atoms with Crippen molar-refractivity contribution in [3.05, 3.63) is 15.6 Å². The predicted molar refractivity (Wildman–Crippen MR) is 112 cm³/mol. The molecule has 0 spiro atoms. The molecule has 0 saturated carbocycles. The molecule has 2 aliphatic rings. The fourth-order valence-electron chi connectivity index (χ4n) is 3.41. The lowest BCUT2D eigenvalue weighted by Crippen LogP contribution is -2.53. The molecule has 3 rings (SSSR count). The van der Waals surface area contributed by atoms with Crippen LogP contribution in [0.2, 0.25) is 0 Å². The van der Waals surface area contributed by atoms with Crippen molar-refractivity contribution in [1.29, 1.82) is 0 Å². The van der Waals surface area contributed by atoms with Crippen molar-refractivity contribution >= 4 is 41.3 Å². The average Bonchev–Trinajstić information content (AvgIpc) is 3.22. The first-order valence-electron chi connectivity index (χ1n) is 8.79. The van der Waals surface area contributed by atoms with Crippen LogP contribution in [-0.4, -0.2) is 67.9 Å². The van der Waals surface area contributed by atoms with Gasteiger partial charge in [-0.2, -0.15) is 0 Å². The predicted octanol–water partition coefficient (Wildman–Crippen LogP) is 2.38. The van der Waals surface area contributed by atoms with Gasteiger partial charge in [-0.15, -0.1) is 35.3 Å². The second-order valence-electron chi connectivity index (χ2n) is 6.37. The van der Waals surface area contributed by atoms with E-state index in [1.807, 2.05) is 7.05 Å². The summed E-state index contributed by atoms with van der Waals surface area (Å²) >= 11 is 1.79. The molecule has 3 heterocycles. The molecule has 142 valence electrons. The molecule has 2 fully saturated rings. The molecular weight excluding hydrogens is 451 g/mol. The third-order valence-corrected chi connectivity index (χ3v) is 5.75. The Kier molecular flexibility index (Phi) is 8.37. The molecule has 1 aromatic heterocycles. The van der Waals surface area contributed by atoms with Gasteiger partial charge in [0.15, 0.2) is 5.96 Å². The van der Waals surface area contributed by atoms with Gasteiger partial charge in [0.1, 0.15) is 6.10 Å². The summed E-state index contributed by atoms with van der Waals surface area (Å²) in [4.78, 5) is 12.6. The number of aliphatic imine (C=N–C) groups is 1. The molecule has 2 saturated heterocycles. The Balaban J connectivity index is 0.00000225. The second-order valence-corrected chi connectivity index (χ2v) is 7.66. The van der Waals surface area contributed by atoms with Crippen molar-refractivity contribution in [1.82, 2.24) is 15.2 Å². The number of thiazole rings is 1. The van der Waals surface area contributed by atoms with E-state index < -0.39 is 0 Å². The first kappa shape index (κ1) is 20.9. The number of rotatable bonds is 4. The van der Waals surface area contributed by atoms with Crippen LogP contribution in [0, 0.1) is 13.8 Å². The Labute approximate surface area is 171 Å². The molecule has 0 bridgehead atoms. The van der Waals surface area contributed by atoms with E-state index >= 15 is 0 Å². The summed E-state index contributed by atoms with van der Waals surface area (Å²) in [5.74, 6) is 0.959. The van der Waals surface area contributed by atoms with E-state index in [0.29, 0.717) is 0 Å². The second kappa shape index (κ2) is 10.0. The van der Waals surface area contributed by atoms with Gasteiger partial charge in [0.2, 0.25) is 0 Å². The van der Waals surface area contributed by atoms with Crippen molar-refractivity contribution in [2.24, 2.45) is 4.99 Å². The summed E-state index contributed by atoms with van der Waals surface area (Å²) in [6.45, 7) is 8.35. The Hall–Kier alpha value is -0.450. The number of aromatic nitrogens is 1. The van der Waals surface area contributed by atoms with Crippen molar-refractivity contribution in [2.45, 2.75) is 45.3 Å². The number of nitrogens with one attached hydrogen (secondary N) is 1. The first-order valence-corrected chi connectivity index (χ1v) is 9.60. The van der Waals surface area contributed by atoms with E-state index in [1.54, 1.807) is 11.3 Å². The Morgan fingerprint density at radius 1 is 1.32 bits per heavy atom. The van der Waals surface area contributed by atoms with Gasteiger partial charge < -0.3 is 19.7 Å². The molecule has 0 amide bonds. The highest BCUT2D eigenvalue weighted by Gasteiger charge is 2.32. The highest BCUT2D eigenvalue weighted by Crippen LogP contribution is 2.21. The number of guanidine groups is 1. The normalized spacial score (nSPS) is 24.3. The molecule has 25 heavy (non-hydrogen) atoms. The van der Waals surface area contributed by atoms with Crippen LogP contribution in [0.1, 0.15) is 28.4 Å². The Morgan fingerprint density at radius 2 is 2.12 bits per heavy atom. The largest absolute Gasteiger partial charge is 0.375 e. The lowest BCUT2D eigenvalue weighted by molar-refractivity contribution is -0.0816.